The monoisotopic (exact) mass is 171 g/mol. The van der Waals surface area contributed by atoms with Crippen LogP contribution in [-0.2, 0) is 14.4 Å². The summed E-state index contributed by atoms with van der Waals surface area (Å²) in [6.45, 7) is 2.42. The van der Waals surface area contributed by atoms with E-state index in [-0.39, 0.29) is 12.2 Å². The first-order valence-electron chi connectivity index (χ1n) is 4.13. The fourth-order valence-electron chi connectivity index (χ4n) is 1.08. The van der Waals surface area contributed by atoms with Crippen molar-refractivity contribution in [2.75, 3.05) is 6.61 Å². The van der Waals surface area contributed by atoms with Crippen LogP contribution in [0.1, 0.15) is 19.8 Å². The maximum Gasteiger partial charge on any atom is 0.148 e. The Balaban J connectivity index is 2.22. The summed E-state index contributed by atoms with van der Waals surface area (Å²) in [4.78, 5) is 15.0. The van der Waals surface area contributed by atoms with Crippen LogP contribution < -0.4 is 0 Å². The van der Waals surface area contributed by atoms with Crippen molar-refractivity contribution in [3.8, 4) is 0 Å². The zero-order chi connectivity index (χ0) is 8.81. The molecule has 1 rings (SSSR count). The van der Waals surface area contributed by atoms with Gasteiger partial charge in [0, 0.05) is 0 Å². The molecule has 0 aromatic heterocycles. The maximum absolute atomic E-state index is 10.3. The molecule has 1 heterocycles. The van der Waals surface area contributed by atoms with Gasteiger partial charge in [0.05, 0.1) is 12.3 Å². The number of ether oxygens (including phenoxy) is 1. The van der Waals surface area contributed by atoms with Crippen LogP contribution in [0, 0.1) is 0 Å². The normalized spacial score (nSPS) is 29.4. The second-order valence-corrected chi connectivity index (χ2v) is 2.60. The number of carbonyl (C=O) groups excluding carboxylic acids is 1. The van der Waals surface area contributed by atoms with E-state index in [1.165, 1.54) is 0 Å². The third-order valence-corrected chi connectivity index (χ3v) is 1.67. The third-order valence-electron chi connectivity index (χ3n) is 1.67. The lowest BCUT2D eigenvalue weighted by Crippen LogP contribution is -2.12. The van der Waals surface area contributed by atoms with Gasteiger partial charge in [-0.1, -0.05) is 5.16 Å². The summed E-state index contributed by atoms with van der Waals surface area (Å²) in [7, 11) is 0. The van der Waals surface area contributed by atoms with Gasteiger partial charge in [0.15, 0.2) is 0 Å². The molecule has 12 heavy (non-hydrogen) atoms. The molecule has 1 fully saturated rings. The summed E-state index contributed by atoms with van der Waals surface area (Å²) in [5.74, 6) is 0. The predicted octanol–water partition coefficient (Wildman–Crippen LogP) is 0.755. The molecule has 1 saturated heterocycles. The van der Waals surface area contributed by atoms with Crippen LogP contribution in [0.2, 0.25) is 0 Å². The quantitative estimate of drug-likeness (QED) is 0.356. The molecule has 0 aliphatic carbocycles. The Morgan fingerprint density at radius 2 is 2.33 bits per heavy atom. The fraction of sp³-hybridized carbons (Fsp3) is 0.750. The largest absolute Gasteiger partial charge is 0.396 e. The zero-order valence-electron chi connectivity index (χ0n) is 7.10. The number of aldehydes is 1. The van der Waals surface area contributed by atoms with E-state index in [1.54, 1.807) is 6.21 Å². The lowest BCUT2D eigenvalue weighted by molar-refractivity contribution is -0.116. The van der Waals surface area contributed by atoms with Crippen molar-refractivity contribution in [2.24, 2.45) is 5.16 Å². The van der Waals surface area contributed by atoms with Gasteiger partial charge in [-0.05, 0) is 19.8 Å². The van der Waals surface area contributed by atoms with Crippen molar-refractivity contribution in [3.63, 3.8) is 0 Å². The van der Waals surface area contributed by atoms with Gasteiger partial charge < -0.3 is 14.4 Å². The molecule has 0 N–H and O–H groups in total. The highest BCUT2D eigenvalue weighted by atomic mass is 16.6. The minimum Gasteiger partial charge on any atom is -0.396 e. The Kier molecular flexibility index (Phi) is 3.73. The van der Waals surface area contributed by atoms with Gasteiger partial charge >= 0.3 is 0 Å². The van der Waals surface area contributed by atoms with Crippen molar-refractivity contribution in [3.05, 3.63) is 0 Å². The molecule has 0 radical (unpaired) electrons. The van der Waals surface area contributed by atoms with Crippen molar-refractivity contribution in [2.45, 2.75) is 32.0 Å². The number of oxime groups is 1. The highest BCUT2D eigenvalue weighted by Crippen LogP contribution is 2.16. The number of hydrogen-bond donors (Lipinski definition) is 0. The Hall–Kier alpha value is -0.900. The van der Waals surface area contributed by atoms with Crippen molar-refractivity contribution >= 4 is 12.5 Å². The number of nitrogens with zero attached hydrogens (tertiary/aromatic N) is 1. The van der Waals surface area contributed by atoms with E-state index < -0.39 is 0 Å². The molecule has 68 valence electrons. The summed E-state index contributed by atoms with van der Waals surface area (Å²) in [6.07, 6.45) is 3.77. The van der Waals surface area contributed by atoms with Crippen LogP contribution >= 0.6 is 0 Å². The van der Waals surface area contributed by atoms with Crippen molar-refractivity contribution < 1.29 is 14.4 Å². The fourth-order valence-corrected chi connectivity index (χ4v) is 1.08. The summed E-state index contributed by atoms with van der Waals surface area (Å²) < 4.78 is 5.26. The van der Waals surface area contributed by atoms with Crippen LogP contribution in [0.3, 0.4) is 0 Å². The Morgan fingerprint density at radius 3 is 2.92 bits per heavy atom. The second kappa shape index (κ2) is 4.87. The van der Waals surface area contributed by atoms with Crippen LogP contribution in [-0.4, -0.2) is 31.3 Å². The summed E-state index contributed by atoms with van der Waals surface area (Å²) in [5.41, 5.74) is 0. The van der Waals surface area contributed by atoms with Crippen molar-refractivity contribution in [1.82, 2.24) is 0 Å². The number of hydrogen-bond acceptors (Lipinski definition) is 4. The zero-order valence-corrected chi connectivity index (χ0v) is 7.10. The first-order chi connectivity index (χ1) is 5.86. The van der Waals surface area contributed by atoms with Gasteiger partial charge in [0.1, 0.15) is 19.0 Å². The molecule has 0 aromatic carbocycles. The molecule has 1 aliphatic rings. The minimum absolute atomic E-state index is 0.0493. The molecule has 0 amide bonds. The van der Waals surface area contributed by atoms with E-state index in [1.807, 2.05) is 6.92 Å². The SMILES string of the molecule is CCO/N=C\[C@H]1CC[C@@H](C=O)O1. The molecule has 0 bridgehead atoms. The van der Waals surface area contributed by atoms with Crippen LogP contribution in [0.25, 0.3) is 0 Å². The molecular weight excluding hydrogens is 158 g/mol. The van der Waals surface area contributed by atoms with Crippen LogP contribution in [0.4, 0.5) is 0 Å². The van der Waals surface area contributed by atoms with E-state index in [2.05, 4.69) is 5.16 Å². The molecule has 2 atom stereocenters. The Labute approximate surface area is 71.5 Å². The van der Waals surface area contributed by atoms with Crippen molar-refractivity contribution in [1.29, 1.82) is 0 Å². The first-order valence-corrected chi connectivity index (χ1v) is 4.13. The third kappa shape index (κ3) is 2.62. The molecule has 4 heteroatoms. The topological polar surface area (TPSA) is 47.9 Å². The highest BCUT2D eigenvalue weighted by molar-refractivity contribution is 5.65. The second-order valence-electron chi connectivity index (χ2n) is 2.60. The van der Waals surface area contributed by atoms with E-state index in [0.717, 1.165) is 19.1 Å². The molecular formula is C8H13NO3. The minimum atomic E-state index is -0.247. The number of carbonyl (C=O) groups is 1. The Morgan fingerprint density at radius 1 is 1.58 bits per heavy atom. The maximum atomic E-state index is 10.3. The first kappa shape index (κ1) is 9.19. The lowest BCUT2D eigenvalue weighted by Gasteiger charge is -2.02. The van der Waals surface area contributed by atoms with E-state index in [4.69, 9.17) is 9.57 Å². The van der Waals surface area contributed by atoms with E-state index >= 15 is 0 Å². The average Bonchev–Trinajstić information content (AvgIpc) is 2.53. The van der Waals surface area contributed by atoms with Gasteiger partial charge in [0.2, 0.25) is 0 Å². The molecule has 0 spiro atoms. The van der Waals surface area contributed by atoms with Gasteiger partial charge in [-0.3, -0.25) is 0 Å². The average molecular weight is 171 g/mol. The predicted molar refractivity (Wildman–Crippen MR) is 44.1 cm³/mol. The van der Waals surface area contributed by atoms with Crippen LogP contribution in [0.15, 0.2) is 5.16 Å². The molecule has 0 saturated carbocycles. The molecule has 4 nitrogen and oxygen atoms in total. The summed E-state index contributed by atoms with van der Waals surface area (Å²) in [6, 6.07) is 0. The lowest BCUT2D eigenvalue weighted by atomic mass is 10.2. The molecule has 1 aliphatic heterocycles. The standard InChI is InChI=1S/C8H13NO3/c1-2-11-9-5-7-3-4-8(6-10)12-7/h5-8H,2-4H2,1H3/b9-5-/t7-,8+/m1/s1. The van der Waals surface area contributed by atoms with Gasteiger partial charge in [-0.25, -0.2) is 0 Å². The number of rotatable bonds is 4. The van der Waals surface area contributed by atoms with E-state index in [0.29, 0.717) is 6.61 Å². The summed E-state index contributed by atoms with van der Waals surface area (Å²) in [5, 5.41) is 3.67. The molecule has 0 aromatic rings. The van der Waals surface area contributed by atoms with Gasteiger partial charge in [-0.15, -0.1) is 0 Å². The Bertz CT molecular complexity index is 170. The smallest absolute Gasteiger partial charge is 0.148 e. The molecule has 0 unspecified atom stereocenters. The van der Waals surface area contributed by atoms with Crippen LogP contribution in [0.5, 0.6) is 0 Å². The van der Waals surface area contributed by atoms with Gasteiger partial charge in [0.25, 0.3) is 0 Å². The van der Waals surface area contributed by atoms with Gasteiger partial charge in [-0.2, -0.15) is 0 Å². The highest BCUT2D eigenvalue weighted by Gasteiger charge is 2.23. The van der Waals surface area contributed by atoms with E-state index in [9.17, 15) is 4.79 Å². The summed E-state index contributed by atoms with van der Waals surface area (Å²) >= 11 is 0.